The molecule has 0 N–H and O–H groups in total. The van der Waals surface area contributed by atoms with Gasteiger partial charge in [0, 0.05) is 23.7 Å². The van der Waals surface area contributed by atoms with Gasteiger partial charge in [-0.2, -0.15) is 13.2 Å². The highest BCUT2D eigenvalue weighted by atomic mass is 19.4. The van der Waals surface area contributed by atoms with E-state index in [0.717, 1.165) is 54.2 Å². The van der Waals surface area contributed by atoms with Crippen molar-refractivity contribution in [3.05, 3.63) is 76.7 Å². The molecule has 3 aromatic rings. The summed E-state index contributed by atoms with van der Waals surface area (Å²) in [6, 6.07) is 13.7. The summed E-state index contributed by atoms with van der Waals surface area (Å²) < 4.78 is 57.6. The third-order valence-corrected chi connectivity index (χ3v) is 8.66. The molecule has 0 radical (unpaired) electrons. The first-order valence-electron chi connectivity index (χ1n) is 13.1. The Labute approximate surface area is 218 Å². The van der Waals surface area contributed by atoms with Gasteiger partial charge in [-0.1, -0.05) is 18.2 Å². The highest BCUT2D eigenvalue weighted by Gasteiger charge is 2.59. The van der Waals surface area contributed by atoms with Crippen molar-refractivity contribution in [1.82, 2.24) is 0 Å². The van der Waals surface area contributed by atoms with E-state index in [1.165, 1.54) is 12.5 Å². The number of rotatable bonds is 2. The highest BCUT2D eigenvalue weighted by Crippen LogP contribution is 2.58. The molecule has 198 valence electrons. The lowest BCUT2D eigenvalue weighted by Gasteiger charge is -2.47. The summed E-state index contributed by atoms with van der Waals surface area (Å²) in [5.41, 5.74) is 1.58. The minimum Gasteiger partial charge on any atom is -0.487 e. The van der Waals surface area contributed by atoms with Crippen molar-refractivity contribution >= 4 is 11.6 Å². The van der Waals surface area contributed by atoms with Crippen LogP contribution in [0.15, 0.2) is 52.9 Å². The number of alkyl halides is 3. The predicted octanol–water partition coefficient (Wildman–Crippen LogP) is 6.94. The normalized spacial score (nSPS) is 24.3. The molecule has 2 aromatic carbocycles. The molecule has 1 aromatic heterocycles. The second-order valence-corrected chi connectivity index (χ2v) is 11.7. The van der Waals surface area contributed by atoms with Gasteiger partial charge in [0.05, 0.1) is 6.54 Å². The zero-order chi connectivity index (χ0) is 26.5. The molecular weight excluding hydrogens is 495 g/mol. The van der Waals surface area contributed by atoms with E-state index in [1.54, 1.807) is 4.90 Å². The van der Waals surface area contributed by atoms with Crippen LogP contribution in [0.5, 0.6) is 11.5 Å². The lowest BCUT2D eigenvalue weighted by Crippen LogP contribution is -2.51. The smallest absolute Gasteiger partial charge is 0.449 e. The Kier molecular flexibility index (Phi) is 4.72. The first-order valence-corrected chi connectivity index (χ1v) is 13.1. The van der Waals surface area contributed by atoms with Crippen molar-refractivity contribution in [2.75, 3.05) is 4.90 Å². The lowest BCUT2D eigenvalue weighted by molar-refractivity contribution is -0.153. The molecule has 5 nitrogen and oxygen atoms in total. The second-order valence-electron chi connectivity index (χ2n) is 11.7. The van der Waals surface area contributed by atoms with Crippen LogP contribution in [0.2, 0.25) is 0 Å². The maximum Gasteiger partial charge on any atom is 0.449 e. The summed E-state index contributed by atoms with van der Waals surface area (Å²) >= 11 is 0. The number of anilines is 1. The van der Waals surface area contributed by atoms with E-state index >= 15 is 0 Å². The number of aryl methyl sites for hydroxylation is 1. The number of nitrogens with zero attached hydrogens (tertiary/aromatic N) is 1. The standard InChI is InChI=1S/C30H28F3NO4/c1-27(2)17-29(21-14-18-10-13-28(11-5-12-28)38-23(18)15-24(21)37-27)20-6-3-4-7-22(20)34(26(29)35)16-19-8-9-25(36-19)30(31,32)33/h3-4,6-9,14-15H,5,10-13,16-17H2,1-2H3. The van der Waals surface area contributed by atoms with Crippen molar-refractivity contribution in [2.45, 2.75) is 81.7 Å². The van der Waals surface area contributed by atoms with Crippen molar-refractivity contribution in [3.8, 4) is 11.5 Å². The Balaban J connectivity index is 1.35. The Bertz CT molecular complexity index is 1470. The molecule has 1 aliphatic carbocycles. The van der Waals surface area contributed by atoms with Crippen LogP contribution in [0, 0.1) is 0 Å². The number of hydrogen-bond donors (Lipinski definition) is 0. The summed E-state index contributed by atoms with van der Waals surface area (Å²) in [5.74, 6) is 0.268. The molecule has 0 bridgehead atoms. The Morgan fingerprint density at radius 2 is 1.74 bits per heavy atom. The molecule has 1 unspecified atom stereocenters. The number of benzene rings is 2. The van der Waals surface area contributed by atoms with Crippen LogP contribution in [-0.4, -0.2) is 17.1 Å². The molecular formula is C30H28F3NO4. The number of fused-ring (bicyclic) bond motifs is 5. The third kappa shape index (κ3) is 3.34. The maximum atomic E-state index is 14.5. The largest absolute Gasteiger partial charge is 0.487 e. The average molecular weight is 524 g/mol. The number of para-hydroxylation sites is 1. The number of carbonyl (C=O) groups excluding carboxylic acids is 1. The molecule has 4 aliphatic rings. The zero-order valence-electron chi connectivity index (χ0n) is 21.3. The molecule has 1 atom stereocenters. The van der Waals surface area contributed by atoms with Crippen LogP contribution in [0.25, 0.3) is 0 Å². The Morgan fingerprint density at radius 3 is 2.45 bits per heavy atom. The molecule has 38 heavy (non-hydrogen) atoms. The number of carbonyl (C=O) groups is 1. The van der Waals surface area contributed by atoms with E-state index in [2.05, 4.69) is 6.07 Å². The van der Waals surface area contributed by atoms with Gasteiger partial charge in [0.1, 0.15) is 33.9 Å². The molecule has 2 spiro atoms. The molecule has 1 fully saturated rings. The number of hydrogen-bond acceptors (Lipinski definition) is 4. The van der Waals surface area contributed by atoms with Gasteiger partial charge >= 0.3 is 6.18 Å². The van der Waals surface area contributed by atoms with Gasteiger partial charge in [-0.05, 0) is 81.3 Å². The SMILES string of the molecule is CC1(C)CC2(C(=O)N(Cc3ccc(C(F)(F)F)o3)c3ccccc32)c2cc3c(cc2O1)OC1(CCC1)CC3. The van der Waals surface area contributed by atoms with Gasteiger partial charge in [0.2, 0.25) is 11.7 Å². The summed E-state index contributed by atoms with van der Waals surface area (Å²) in [4.78, 5) is 16.1. The van der Waals surface area contributed by atoms with Crippen LogP contribution in [-0.2, 0) is 29.4 Å². The van der Waals surface area contributed by atoms with E-state index in [1.807, 2.05) is 44.2 Å². The summed E-state index contributed by atoms with van der Waals surface area (Å²) in [6.45, 7) is 3.83. The lowest BCUT2D eigenvalue weighted by atomic mass is 9.66. The number of furan rings is 1. The molecule has 0 saturated heterocycles. The zero-order valence-corrected chi connectivity index (χ0v) is 21.3. The summed E-state index contributed by atoms with van der Waals surface area (Å²) in [5, 5.41) is 0. The Morgan fingerprint density at radius 1 is 0.947 bits per heavy atom. The topological polar surface area (TPSA) is 51.9 Å². The minimum atomic E-state index is -4.59. The second kappa shape index (κ2) is 7.58. The number of ether oxygens (including phenoxy) is 2. The molecule has 1 amide bonds. The van der Waals surface area contributed by atoms with Crippen LogP contribution < -0.4 is 14.4 Å². The van der Waals surface area contributed by atoms with Crippen molar-refractivity contribution in [1.29, 1.82) is 0 Å². The minimum absolute atomic E-state index is 0.0754. The fraction of sp³-hybridized carbons (Fsp3) is 0.433. The van der Waals surface area contributed by atoms with Gasteiger partial charge in [-0.3, -0.25) is 4.79 Å². The van der Waals surface area contributed by atoms with Gasteiger partial charge in [-0.25, -0.2) is 0 Å². The van der Waals surface area contributed by atoms with Crippen LogP contribution in [0.3, 0.4) is 0 Å². The van der Waals surface area contributed by atoms with Gasteiger partial charge < -0.3 is 18.8 Å². The average Bonchev–Trinajstić information content (AvgIpc) is 3.40. The summed E-state index contributed by atoms with van der Waals surface area (Å²) in [6.07, 6.45) is 0.925. The Hall–Kier alpha value is -3.42. The first kappa shape index (κ1) is 23.7. The molecule has 3 aliphatic heterocycles. The van der Waals surface area contributed by atoms with E-state index in [0.29, 0.717) is 17.9 Å². The van der Waals surface area contributed by atoms with E-state index in [4.69, 9.17) is 13.9 Å². The highest BCUT2D eigenvalue weighted by molar-refractivity contribution is 6.11. The van der Waals surface area contributed by atoms with E-state index in [9.17, 15) is 18.0 Å². The number of halogens is 3. The predicted molar refractivity (Wildman–Crippen MR) is 133 cm³/mol. The quantitative estimate of drug-likeness (QED) is 0.365. The fourth-order valence-electron chi connectivity index (χ4n) is 6.84. The first-order chi connectivity index (χ1) is 18.0. The van der Waals surface area contributed by atoms with Gasteiger partial charge in [-0.15, -0.1) is 0 Å². The van der Waals surface area contributed by atoms with Gasteiger partial charge in [0.15, 0.2) is 0 Å². The molecule has 8 heteroatoms. The molecule has 1 saturated carbocycles. The monoisotopic (exact) mass is 523 g/mol. The number of amides is 1. The van der Waals surface area contributed by atoms with Crippen LogP contribution in [0.1, 0.15) is 74.2 Å². The fourth-order valence-corrected chi connectivity index (χ4v) is 6.84. The van der Waals surface area contributed by atoms with Gasteiger partial charge in [0.25, 0.3) is 0 Å². The maximum absolute atomic E-state index is 14.5. The third-order valence-electron chi connectivity index (χ3n) is 8.66. The van der Waals surface area contributed by atoms with Crippen LogP contribution in [0.4, 0.5) is 18.9 Å². The van der Waals surface area contributed by atoms with Crippen molar-refractivity contribution in [2.24, 2.45) is 0 Å². The van der Waals surface area contributed by atoms with E-state index in [-0.39, 0.29) is 23.8 Å². The van der Waals surface area contributed by atoms with Crippen molar-refractivity contribution in [3.63, 3.8) is 0 Å². The molecule has 7 rings (SSSR count). The van der Waals surface area contributed by atoms with E-state index < -0.39 is 23.0 Å². The van der Waals surface area contributed by atoms with Crippen molar-refractivity contribution < 1.29 is 31.9 Å². The summed E-state index contributed by atoms with van der Waals surface area (Å²) in [7, 11) is 0. The van der Waals surface area contributed by atoms with Crippen LogP contribution >= 0.6 is 0 Å². The molecule has 4 heterocycles.